The first-order valence-corrected chi connectivity index (χ1v) is 11.4. The van der Waals surface area contributed by atoms with E-state index in [1.54, 1.807) is 12.1 Å². The van der Waals surface area contributed by atoms with Crippen molar-refractivity contribution in [3.63, 3.8) is 0 Å². The third-order valence-electron chi connectivity index (χ3n) is 5.71. The minimum atomic E-state index is -0.813. The highest BCUT2D eigenvalue weighted by Crippen LogP contribution is 2.29. The maximum absolute atomic E-state index is 10.4. The molecule has 174 valence electrons. The number of rotatable bonds is 12. The number of phenols is 1. The summed E-state index contributed by atoms with van der Waals surface area (Å²) in [6, 6.07) is 9.13. The zero-order chi connectivity index (χ0) is 23.1. The van der Waals surface area contributed by atoms with Crippen molar-refractivity contribution in [2.75, 3.05) is 6.61 Å². The summed E-state index contributed by atoms with van der Waals surface area (Å²) in [6.07, 6.45) is 5.43. The van der Waals surface area contributed by atoms with Gasteiger partial charge in [-0.15, -0.1) is 0 Å². The summed E-state index contributed by atoms with van der Waals surface area (Å²) in [6.45, 7) is 6.35. The van der Waals surface area contributed by atoms with Gasteiger partial charge < -0.3 is 29.5 Å². The van der Waals surface area contributed by atoms with Crippen LogP contribution in [0.1, 0.15) is 79.5 Å². The first kappa shape index (κ1) is 24.0. The lowest BCUT2D eigenvalue weighted by molar-refractivity contribution is 0.103. The van der Waals surface area contributed by atoms with Crippen molar-refractivity contribution in [2.45, 2.75) is 71.5 Å². The largest absolute Gasteiger partial charge is 0.504 e. The average molecular weight is 442 g/mol. The van der Waals surface area contributed by atoms with Crippen LogP contribution in [-0.2, 0) is 25.9 Å². The lowest BCUT2D eigenvalue weighted by Crippen LogP contribution is -2.10. The Kier molecular flexibility index (Phi) is 8.42. The first-order valence-electron chi connectivity index (χ1n) is 11.4. The molecule has 0 saturated heterocycles. The summed E-state index contributed by atoms with van der Waals surface area (Å²) in [5.74, 6) is 2.48. The van der Waals surface area contributed by atoms with Crippen LogP contribution in [0.15, 0.2) is 40.9 Å². The molecule has 0 bridgehead atoms. The van der Waals surface area contributed by atoms with E-state index in [1.807, 2.05) is 24.4 Å². The van der Waals surface area contributed by atoms with Crippen LogP contribution >= 0.6 is 0 Å². The average Bonchev–Trinajstić information content (AvgIpc) is 3.43. The quantitative estimate of drug-likeness (QED) is 0.311. The third kappa shape index (κ3) is 6.17. The van der Waals surface area contributed by atoms with Crippen LogP contribution < -0.4 is 4.74 Å². The minimum absolute atomic E-state index is 0.0124. The van der Waals surface area contributed by atoms with E-state index in [4.69, 9.17) is 9.15 Å². The Morgan fingerprint density at radius 3 is 2.59 bits per heavy atom. The second-order valence-electron chi connectivity index (χ2n) is 8.59. The molecule has 1 aromatic carbocycles. The van der Waals surface area contributed by atoms with Gasteiger partial charge in [0.15, 0.2) is 11.5 Å². The number of aliphatic hydroxyl groups excluding tert-OH is 2. The molecule has 0 aliphatic carbocycles. The zero-order valence-electron chi connectivity index (χ0n) is 19.2. The fourth-order valence-corrected chi connectivity index (χ4v) is 3.64. The highest BCUT2D eigenvalue weighted by Gasteiger charge is 2.15. The molecule has 4 N–H and O–H groups in total. The van der Waals surface area contributed by atoms with Crippen LogP contribution in [0.2, 0.25) is 0 Å². The molecule has 6 nitrogen and oxygen atoms in total. The van der Waals surface area contributed by atoms with E-state index in [0.29, 0.717) is 30.2 Å². The number of furan rings is 1. The minimum Gasteiger partial charge on any atom is -0.504 e. The summed E-state index contributed by atoms with van der Waals surface area (Å²) >= 11 is 0. The molecule has 0 amide bonds. The number of aryl methyl sites for hydroxylation is 3. The Morgan fingerprint density at radius 2 is 1.91 bits per heavy atom. The monoisotopic (exact) mass is 441 g/mol. The third-order valence-corrected chi connectivity index (χ3v) is 5.71. The number of aromatic hydroxyl groups is 1. The van der Waals surface area contributed by atoms with Gasteiger partial charge in [0.1, 0.15) is 24.2 Å². The van der Waals surface area contributed by atoms with Crippen molar-refractivity contribution in [3.8, 4) is 11.5 Å². The molecule has 0 fully saturated rings. The molecule has 0 spiro atoms. The van der Waals surface area contributed by atoms with Crippen molar-refractivity contribution >= 4 is 0 Å². The standard InChI is InChI=1S/C26H35NO5/c1-4-5-6-25-20(15-28)12-21(32-25)9-7-18-8-10-23(29)26(11-18)31-16-24(30)22-13-19(14-27-22)17(2)3/h8,10-14,17,24,27-30H,4-7,9,15-16H2,1-3H3/t24-/m0/s1. The number of benzene rings is 1. The molecule has 0 saturated carbocycles. The van der Waals surface area contributed by atoms with Gasteiger partial charge in [-0.25, -0.2) is 0 Å². The summed E-state index contributed by atoms with van der Waals surface area (Å²) in [7, 11) is 0. The highest BCUT2D eigenvalue weighted by molar-refractivity contribution is 5.42. The number of hydrogen-bond donors (Lipinski definition) is 4. The van der Waals surface area contributed by atoms with Gasteiger partial charge in [0, 0.05) is 30.3 Å². The first-order chi connectivity index (χ1) is 15.4. The topological polar surface area (TPSA) is 98.9 Å². The Labute approximate surface area is 189 Å². The lowest BCUT2D eigenvalue weighted by atomic mass is 10.1. The number of H-pyrrole nitrogens is 1. The van der Waals surface area contributed by atoms with Crippen molar-refractivity contribution in [2.24, 2.45) is 0 Å². The molecule has 0 unspecified atom stereocenters. The number of phenolic OH excluding ortho intramolecular Hbond substituents is 1. The molecule has 32 heavy (non-hydrogen) atoms. The summed E-state index contributed by atoms with van der Waals surface area (Å²) in [5, 5.41) is 30.2. The molecule has 3 rings (SSSR count). The van der Waals surface area contributed by atoms with Crippen molar-refractivity contribution < 1.29 is 24.5 Å². The van der Waals surface area contributed by atoms with E-state index in [9.17, 15) is 15.3 Å². The van der Waals surface area contributed by atoms with Crippen LogP contribution in [0.5, 0.6) is 11.5 Å². The van der Waals surface area contributed by atoms with Gasteiger partial charge in [-0.1, -0.05) is 33.3 Å². The molecule has 3 aromatic rings. The molecule has 6 heteroatoms. The van der Waals surface area contributed by atoms with Gasteiger partial charge in [0.05, 0.1) is 6.61 Å². The van der Waals surface area contributed by atoms with E-state index in [2.05, 4.69) is 25.8 Å². The van der Waals surface area contributed by atoms with Gasteiger partial charge >= 0.3 is 0 Å². The number of hydrogen-bond acceptors (Lipinski definition) is 5. The summed E-state index contributed by atoms with van der Waals surface area (Å²) in [5.41, 5.74) is 3.68. The number of unbranched alkanes of at least 4 members (excludes halogenated alkanes) is 1. The molecular formula is C26H35NO5. The smallest absolute Gasteiger partial charge is 0.161 e. The molecule has 0 radical (unpaired) electrons. The van der Waals surface area contributed by atoms with E-state index in [0.717, 1.165) is 47.5 Å². The summed E-state index contributed by atoms with van der Waals surface area (Å²) in [4.78, 5) is 3.09. The van der Waals surface area contributed by atoms with Crippen LogP contribution in [0.4, 0.5) is 0 Å². The Morgan fingerprint density at radius 1 is 1.09 bits per heavy atom. The molecular weight excluding hydrogens is 406 g/mol. The number of aromatic amines is 1. The predicted octanol–water partition coefficient (Wildman–Crippen LogP) is 5.17. The SMILES string of the molecule is CCCCc1oc(CCc2ccc(O)c(OC[C@H](O)c3cc(C(C)C)c[nH]3)c2)cc1CO. The fraction of sp³-hybridized carbons (Fsp3) is 0.462. The molecule has 2 heterocycles. The zero-order valence-corrected chi connectivity index (χ0v) is 19.2. The van der Waals surface area contributed by atoms with Gasteiger partial charge in [0.25, 0.3) is 0 Å². The maximum Gasteiger partial charge on any atom is 0.161 e. The summed E-state index contributed by atoms with van der Waals surface area (Å²) < 4.78 is 11.7. The second-order valence-corrected chi connectivity index (χ2v) is 8.59. The van der Waals surface area contributed by atoms with E-state index in [1.165, 1.54) is 0 Å². The van der Waals surface area contributed by atoms with Gasteiger partial charge in [-0.05, 0) is 54.2 Å². The fourth-order valence-electron chi connectivity index (χ4n) is 3.64. The van der Waals surface area contributed by atoms with Crippen LogP contribution in [0, 0.1) is 0 Å². The van der Waals surface area contributed by atoms with E-state index in [-0.39, 0.29) is 19.0 Å². The van der Waals surface area contributed by atoms with Crippen molar-refractivity contribution in [3.05, 3.63) is 70.4 Å². The Hall–Kier alpha value is -2.70. The van der Waals surface area contributed by atoms with Gasteiger partial charge in [0.2, 0.25) is 0 Å². The van der Waals surface area contributed by atoms with Crippen molar-refractivity contribution in [1.29, 1.82) is 0 Å². The highest BCUT2D eigenvalue weighted by atomic mass is 16.5. The molecule has 0 aliphatic rings. The Bertz CT molecular complexity index is 988. The Balaban J connectivity index is 1.60. The number of aromatic nitrogens is 1. The molecule has 0 aliphatic heterocycles. The van der Waals surface area contributed by atoms with E-state index < -0.39 is 6.10 Å². The van der Waals surface area contributed by atoms with Gasteiger partial charge in [-0.3, -0.25) is 0 Å². The van der Waals surface area contributed by atoms with Crippen LogP contribution in [0.3, 0.4) is 0 Å². The number of nitrogens with one attached hydrogen (secondary N) is 1. The van der Waals surface area contributed by atoms with Gasteiger partial charge in [-0.2, -0.15) is 0 Å². The van der Waals surface area contributed by atoms with Crippen LogP contribution in [0.25, 0.3) is 0 Å². The lowest BCUT2D eigenvalue weighted by Gasteiger charge is -2.13. The molecule has 2 aromatic heterocycles. The normalized spacial score (nSPS) is 12.4. The maximum atomic E-state index is 10.4. The molecule has 1 atom stereocenters. The number of aliphatic hydroxyl groups is 2. The predicted molar refractivity (Wildman–Crippen MR) is 124 cm³/mol. The number of ether oxygens (including phenoxy) is 1. The van der Waals surface area contributed by atoms with Crippen LogP contribution in [-0.4, -0.2) is 26.9 Å². The van der Waals surface area contributed by atoms with Crippen molar-refractivity contribution in [1.82, 2.24) is 4.98 Å². The van der Waals surface area contributed by atoms with E-state index >= 15 is 0 Å². The second kappa shape index (κ2) is 11.2.